The number of benzene rings is 3. The first-order valence-electron chi connectivity index (χ1n) is 10.4. The number of amides is 1. The summed E-state index contributed by atoms with van der Waals surface area (Å²) >= 11 is 12.2. The SMILES string of the molecule is CCOc1cccc([C@H]2C(S(=O)(=O)c3ccc(C)cc3)=C(O)C(=O)N2c2ccc(Cl)c(Cl)c2)c1. The van der Waals surface area contributed by atoms with Crippen LogP contribution in [0.15, 0.2) is 82.3 Å². The highest BCUT2D eigenvalue weighted by Gasteiger charge is 2.47. The van der Waals surface area contributed by atoms with Gasteiger partial charge in [0.2, 0.25) is 9.84 Å². The Kier molecular flexibility index (Phi) is 6.62. The highest BCUT2D eigenvalue weighted by molar-refractivity contribution is 7.95. The number of ether oxygens (including phenoxy) is 1. The maximum Gasteiger partial charge on any atom is 0.295 e. The lowest BCUT2D eigenvalue weighted by Gasteiger charge is -2.27. The van der Waals surface area contributed by atoms with E-state index in [0.29, 0.717) is 17.9 Å². The molecular weight excluding hydrogens is 497 g/mol. The number of rotatable bonds is 6. The van der Waals surface area contributed by atoms with Crippen LogP contribution >= 0.6 is 23.2 Å². The summed E-state index contributed by atoms with van der Waals surface area (Å²) in [5, 5.41) is 11.3. The van der Waals surface area contributed by atoms with Crippen LogP contribution in [-0.2, 0) is 14.6 Å². The lowest BCUT2D eigenvalue weighted by molar-refractivity contribution is -0.117. The van der Waals surface area contributed by atoms with E-state index in [1.165, 1.54) is 29.2 Å². The summed E-state index contributed by atoms with van der Waals surface area (Å²) in [7, 11) is -4.25. The lowest BCUT2D eigenvalue weighted by atomic mass is 10.1. The van der Waals surface area contributed by atoms with E-state index in [4.69, 9.17) is 27.9 Å². The van der Waals surface area contributed by atoms with Crippen LogP contribution in [-0.4, -0.2) is 26.0 Å². The molecule has 0 fully saturated rings. The molecule has 0 radical (unpaired) electrons. The largest absolute Gasteiger partial charge is 0.502 e. The summed E-state index contributed by atoms with van der Waals surface area (Å²) in [6, 6.07) is 16.3. The van der Waals surface area contributed by atoms with Gasteiger partial charge in [-0.25, -0.2) is 8.42 Å². The third-order valence-corrected chi connectivity index (χ3v) is 8.08. The predicted molar refractivity (Wildman–Crippen MR) is 132 cm³/mol. The van der Waals surface area contributed by atoms with Crippen molar-refractivity contribution in [3.63, 3.8) is 0 Å². The van der Waals surface area contributed by atoms with Crippen molar-refractivity contribution in [1.82, 2.24) is 0 Å². The molecule has 0 unspecified atom stereocenters. The molecule has 1 atom stereocenters. The standard InChI is InChI=1S/C25H21Cl2NO5S/c1-3-33-18-6-4-5-16(13-18)22-24(34(31,32)19-10-7-15(2)8-11-19)23(29)25(30)28(22)17-9-12-20(26)21(27)14-17/h4-14,22,29H,3H2,1-2H3/t22-/m0/s1. The van der Waals surface area contributed by atoms with Crippen LogP contribution in [0.25, 0.3) is 0 Å². The molecule has 1 N–H and O–H groups in total. The average Bonchev–Trinajstić information content (AvgIpc) is 3.08. The molecule has 1 heterocycles. The predicted octanol–water partition coefficient (Wildman–Crippen LogP) is 6.03. The van der Waals surface area contributed by atoms with Crippen molar-refractivity contribution in [1.29, 1.82) is 0 Å². The molecule has 4 rings (SSSR count). The van der Waals surface area contributed by atoms with Gasteiger partial charge in [0.25, 0.3) is 5.91 Å². The van der Waals surface area contributed by atoms with Crippen molar-refractivity contribution in [3.8, 4) is 5.75 Å². The second kappa shape index (κ2) is 9.33. The Morgan fingerprint density at radius 2 is 1.71 bits per heavy atom. The molecule has 0 bridgehead atoms. The molecule has 0 aromatic heterocycles. The molecule has 3 aromatic carbocycles. The van der Waals surface area contributed by atoms with Crippen molar-refractivity contribution in [2.75, 3.05) is 11.5 Å². The number of nitrogens with zero attached hydrogens (tertiary/aromatic N) is 1. The number of aliphatic hydroxyl groups excluding tert-OH is 1. The monoisotopic (exact) mass is 517 g/mol. The number of aryl methyl sites for hydroxylation is 1. The quantitative estimate of drug-likeness (QED) is 0.431. The fraction of sp³-hybridized carbons (Fsp3) is 0.160. The van der Waals surface area contributed by atoms with Crippen LogP contribution in [0.4, 0.5) is 5.69 Å². The van der Waals surface area contributed by atoms with Crippen molar-refractivity contribution in [2.24, 2.45) is 0 Å². The Balaban J connectivity index is 1.95. The molecule has 6 nitrogen and oxygen atoms in total. The topological polar surface area (TPSA) is 83.9 Å². The minimum absolute atomic E-state index is 0.0330. The zero-order chi connectivity index (χ0) is 24.6. The molecule has 0 aliphatic carbocycles. The van der Waals surface area contributed by atoms with Crippen LogP contribution < -0.4 is 9.64 Å². The zero-order valence-corrected chi connectivity index (χ0v) is 20.7. The van der Waals surface area contributed by atoms with E-state index >= 15 is 0 Å². The Morgan fingerprint density at radius 3 is 2.35 bits per heavy atom. The summed E-state index contributed by atoms with van der Waals surface area (Å²) in [5.41, 5.74) is 1.60. The van der Waals surface area contributed by atoms with E-state index in [2.05, 4.69) is 0 Å². The number of halogens is 2. The smallest absolute Gasteiger partial charge is 0.295 e. The van der Waals surface area contributed by atoms with Crippen LogP contribution in [0.5, 0.6) is 5.75 Å². The Labute approximate surface area is 207 Å². The van der Waals surface area contributed by atoms with Gasteiger partial charge in [-0.2, -0.15) is 0 Å². The molecule has 3 aromatic rings. The molecule has 0 spiro atoms. The van der Waals surface area contributed by atoms with Crippen molar-refractivity contribution < 1.29 is 23.1 Å². The van der Waals surface area contributed by atoms with E-state index in [1.54, 1.807) is 42.5 Å². The Bertz CT molecular complexity index is 1400. The number of aliphatic hydroxyl groups is 1. The molecule has 1 amide bonds. The number of anilines is 1. The molecule has 0 saturated carbocycles. The van der Waals surface area contributed by atoms with Gasteiger partial charge < -0.3 is 9.84 Å². The van der Waals surface area contributed by atoms with E-state index in [9.17, 15) is 18.3 Å². The van der Waals surface area contributed by atoms with Gasteiger partial charge >= 0.3 is 0 Å². The highest BCUT2D eigenvalue weighted by atomic mass is 35.5. The third kappa shape index (κ3) is 4.27. The molecule has 1 aliphatic rings. The Hall–Kier alpha value is -3.00. The Morgan fingerprint density at radius 1 is 1.00 bits per heavy atom. The minimum Gasteiger partial charge on any atom is -0.502 e. The molecule has 1 aliphatic heterocycles. The summed E-state index contributed by atoms with van der Waals surface area (Å²) < 4.78 is 33.0. The van der Waals surface area contributed by atoms with Gasteiger partial charge in [-0.3, -0.25) is 9.69 Å². The minimum atomic E-state index is -4.25. The van der Waals surface area contributed by atoms with E-state index in [1.807, 2.05) is 13.8 Å². The fourth-order valence-corrected chi connectivity index (χ4v) is 5.76. The first kappa shape index (κ1) is 24.1. The average molecular weight is 518 g/mol. The van der Waals surface area contributed by atoms with Gasteiger partial charge in [-0.15, -0.1) is 0 Å². The maximum atomic E-state index is 13.7. The molecular formula is C25H21Cl2NO5S. The van der Waals surface area contributed by atoms with Crippen LogP contribution in [0.3, 0.4) is 0 Å². The van der Waals surface area contributed by atoms with Gasteiger partial charge in [0.1, 0.15) is 16.7 Å². The van der Waals surface area contributed by atoms with Crippen molar-refractivity contribution in [3.05, 3.63) is 98.6 Å². The summed E-state index contributed by atoms with van der Waals surface area (Å²) in [6.07, 6.45) is 0. The molecule has 0 saturated heterocycles. The van der Waals surface area contributed by atoms with E-state index in [-0.39, 0.29) is 20.6 Å². The summed E-state index contributed by atoms with van der Waals surface area (Å²) in [5.74, 6) is -1.21. The molecule has 176 valence electrons. The van der Waals surface area contributed by atoms with Gasteiger partial charge in [-0.1, -0.05) is 53.0 Å². The molecule has 34 heavy (non-hydrogen) atoms. The number of carbonyl (C=O) groups is 1. The van der Waals surface area contributed by atoms with E-state index < -0.39 is 32.5 Å². The van der Waals surface area contributed by atoms with Crippen LogP contribution in [0.2, 0.25) is 10.0 Å². The number of hydrogen-bond donors (Lipinski definition) is 1. The fourth-order valence-electron chi connectivity index (χ4n) is 3.84. The lowest BCUT2D eigenvalue weighted by Crippen LogP contribution is -2.31. The van der Waals surface area contributed by atoms with Crippen LogP contribution in [0.1, 0.15) is 24.1 Å². The van der Waals surface area contributed by atoms with Crippen LogP contribution in [0, 0.1) is 6.92 Å². The second-order valence-electron chi connectivity index (χ2n) is 7.71. The van der Waals surface area contributed by atoms with Gasteiger partial charge in [0.05, 0.1) is 21.5 Å². The maximum absolute atomic E-state index is 13.7. The molecule has 9 heteroatoms. The van der Waals surface area contributed by atoms with Gasteiger partial charge in [0, 0.05) is 5.69 Å². The highest BCUT2D eigenvalue weighted by Crippen LogP contribution is 2.46. The van der Waals surface area contributed by atoms with Gasteiger partial charge in [0.15, 0.2) is 5.76 Å². The van der Waals surface area contributed by atoms with E-state index in [0.717, 1.165) is 5.56 Å². The number of carbonyl (C=O) groups excluding carboxylic acids is 1. The number of hydrogen-bond acceptors (Lipinski definition) is 5. The van der Waals surface area contributed by atoms with Gasteiger partial charge in [-0.05, 0) is 61.9 Å². The first-order valence-corrected chi connectivity index (χ1v) is 12.6. The van der Waals surface area contributed by atoms with Crippen molar-refractivity contribution in [2.45, 2.75) is 24.8 Å². The first-order chi connectivity index (χ1) is 16.1. The van der Waals surface area contributed by atoms with Crippen molar-refractivity contribution >= 4 is 44.6 Å². The number of sulfone groups is 1. The zero-order valence-electron chi connectivity index (χ0n) is 18.3. The third-order valence-electron chi connectivity index (χ3n) is 5.45. The second-order valence-corrected chi connectivity index (χ2v) is 10.4. The normalized spacial score (nSPS) is 16.3. The summed E-state index contributed by atoms with van der Waals surface area (Å²) in [4.78, 5) is 14.0. The summed E-state index contributed by atoms with van der Waals surface area (Å²) in [6.45, 7) is 4.06.